The number of aliphatic hydroxyl groups is 1. The second kappa shape index (κ2) is 10.7. The molecule has 3 heterocycles. The molecule has 34 heavy (non-hydrogen) atoms. The fraction of sp³-hybridized carbons (Fsp3) is 0.586. The molecule has 3 unspecified atom stereocenters. The maximum Gasteiger partial charge on any atom is 0.171 e. The monoisotopic (exact) mass is 528 g/mol. The minimum absolute atomic E-state index is 0.147. The number of fused-ring (bicyclic) bond motifs is 3. The molecule has 3 atom stereocenters. The number of rotatable bonds is 10. The maximum atomic E-state index is 12.0. The van der Waals surface area contributed by atoms with Gasteiger partial charge in [-0.05, 0) is 52.4 Å². The lowest BCUT2D eigenvalue weighted by Crippen LogP contribution is -2.68. The molecule has 0 spiro atoms. The van der Waals surface area contributed by atoms with Gasteiger partial charge in [0.05, 0.1) is 32.8 Å². The lowest BCUT2D eigenvalue weighted by atomic mass is 9.80. The van der Waals surface area contributed by atoms with Gasteiger partial charge in [-0.3, -0.25) is 0 Å². The summed E-state index contributed by atoms with van der Waals surface area (Å²) in [6.45, 7) is 4.64. The fourth-order valence-corrected chi connectivity index (χ4v) is 7.85. The highest BCUT2D eigenvalue weighted by molar-refractivity contribution is 9.09. The molecule has 1 saturated carbocycles. The summed E-state index contributed by atoms with van der Waals surface area (Å²) in [6, 6.07) is 20.3. The highest BCUT2D eigenvalue weighted by Gasteiger charge is 2.54. The lowest BCUT2D eigenvalue weighted by Gasteiger charge is -2.56. The Morgan fingerprint density at radius 3 is 2.24 bits per heavy atom. The van der Waals surface area contributed by atoms with Gasteiger partial charge in [-0.25, -0.2) is 0 Å². The molecule has 0 radical (unpaired) electrons. The fourth-order valence-electron chi connectivity index (χ4n) is 6.65. The number of hydrogen-bond acceptors (Lipinski definition) is 3. The van der Waals surface area contributed by atoms with E-state index < -0.39 is 5.60 Å². The third kappa shape index (κ3) is 4.95. The third-order valence-corrected chi connectivity index (χ3v) is 10.1. The van der Waals surface area contributed by atoms with Gasteiger partial charge in [0.15, 0.2) is 4.95 Å². The van der Waals surface area contributed by atoms with Crippen molar-refractivity contribution in [1.29, 1.82) is 0 Å². The number of nitrogens with zero attached hydrogens (tertiary/aromatic N) is 1. The third-order valence-electron chi connectivity index (χ3n) is 8.71. The maximum absolute atomic E-state index is 12.0. The van der Waals surface area contributed by atoms with Crippen LogP contribution in [-0.4, -0.2) is 53.5 Å². The van der Waals surface area contributed by atoms with Crippen molar-refractivity contribution in [3.8, 4) is 5.75 Å². The number of para-hydroxylation sites is 1. The van der Waals surface area contributed by atoms with Crippen molar-refractivity contribution in [2.24, 2.45) is 11.8 Å². The summed E-state index contributed by atoms with van der Waals surface area (Å²) >= 11 is 4.10. The molecular formula is C29H39BrNO3+. The van der Waals surface area contributed by atoms with Crippen molar-refractivity contribution in [3.05, 3.63) is 66.2 Å². The zero-order valence-electron chi connectivity index (χ0n) is 20.2. The molecule has 3 aliphatic heterocycles. The topological polar surface area (TPSA) is 38.7 Å². The van der Waals surface area contributed by atoms with Gasteiger partial charge in [0.1, 0.15) is 17.5 Å². The van der Waals surface area contributed by atoms with E-state index in [-0.39, 0.29) is 17.0 Å². The smallest absolute Gasteiger partial charge is 0.171 e. The average Bonchev–Trinajstić information content (AvgIpc) is 3.44. The second-order valence-corrected chi connectivity index (χ2v) is 11.6. The van der Waals surface area contributed by atoms with Gasteiger partial charge in [0.25, 0.3) is 0 Å². The minimum Gasteiger partial charge on any atom is -0.493 e. The van der Waals surface area contributed by atoms with Crippen LogP contribution >= 0.6 is 15.9 Å². The molecule has 6 rings (SSSR count). The first-order chi connectivity index (χ1) is 16.6. The number of hydrogen-bond donors (Lipinski definition) is 1. The number of benzene rings is 2. The second-order valence-electron chi connectivity index (χ2n) is 10.7. The van der Waals surface area contributed by atoms with Gasteiger partial charge in [-0.1, -0.05) is 61.4 Å². The van der Waals surface area contributed by atoms with E-state index in [9.17, 15) is 5.11 Å². The Labute approximate surface area is 213 Å². The highest BCUT2D eigenvalue weighted by atomic mass is 79.9. The van der Waals surface area contributed by atoms with Gasteiger partial charge in [-0.2, -0.15) is 0 Å². The molecule has 4 fully saturated rings. The minimum atomic E-state index is -0.898. The Morgan fingerprint density at radius 2 is 1.56 bits per heavy atom. The molecule has 2 bridgehead atoms. The number of alkyl halides is 1. The molecule has 0 aromatic heterocycles. The summed E-state index contributed by atoms with van der Waals surface area (Å²) in [5.74, 6) is 1.81. The average molecular weight is 530 g/mol. The number of piperidine rings is 3. The highest BCUT2D eigenvalue weighted by Crippen LogP contribution is 2.45. The molecule has 2 aromatic carbocycles. The number of halogens is 1. The van der Waals surface area contributed by atoms with Gasteiger partial charge in [-0.15, -0.1) is 0 Å². The van der Waals surface area contributed by atoms with E-state index in [2.05, 4.69) is 28.1 Å². The van der Waals surface area contributed by atoms with Gasteiger partial charge in [0, 0.05) is 25.2 Å². The first kappa shape index (κ1) is 24.3. The first-order valence-electron chi connectivity index (χ1n) is 13.2. The van der Waals surface area contributed by atoms with Gasteiger partial charge in [0.2, 0.25) is 0 Å². The quantitative estimate of drug-likeness (QED) is 0.181. The molecule has 4 aliphatic rings. The van der Waals surface area contributed by atoms with E-state index in [0.717, 1.165) is 48.2 Å². The van der Waals surface area contributed by atoms with Crippen molar-refractivity contribution in [2.75, 3.05) is 32.8 Å². The van der Waals surface area contributed by atoms with Crippen molar-refractivity contribution in [2.45, 2.75) is 61.6 Å². The summed E-state index contributed by atoms with van der Waals surface area (Å²) in [6.07, 6.45) is 8.18. The predicted octanol–water partition coefficient (Wildman–Crippen LogP) is 5.88. The molecule has 2 aromatic rings. The lowest BCUT2D eigenvalue weighted by molar-refractivity contribution is -0.955. The van der Waals surface area contributed by atoms with Crippen LogP contribution < -0.4 is 4.74 Å². The Hall–Kier alpha value is -1.40. The molecule has 1 aliphatic carbocycles. The molecule has 0 amide bonds. The van der Waals surface area contributed by atoms with Crippen LogP contribution in [-0.2, 0) is 10.3 Å². The molecule has 5 heteroatoms. The Balaban J connectivity index is 1.23. The summed E-state index contributed by atoms with van der Waals surface area (Å²) in [4.78, 5) is 0.278. The standard InChI is InChI=1S/C29H39BrNO3/c30-28-27(34-22-29(32,25-12-7-8-13-25)24-10-3-1-4-11-24)23-16-19-31(28,20-17-23)18-9-21-33-26-14-5-2-6-15-26/h1-6,10-11,14-15,23,25,27-28,32H,7-9,12-13,16-22H2/q+1. The normalized spacial score (nSPS) is 30.8. The van der Waals surface area contributed by atoms with Crippen LogP contribution in [0, 0.1) is 11.8 Å². The Kier molecular flexibility index (Phi) is 7.64. The van der Waals surface area contributed by atoms with Crippen LogP contribution in [0.15, 0.2) is 60.7 Å². The SMILES string of the molecule is OC(COC1C2CC[N+](CCCOc3ccccc3)(CC2)C1Br)(c1ccccc1)C1CCCC1. The van der Waals surface area contributed by atoms with E-state index in [4.69, 9.17) is 9.47 Å². The van der Waals surface area contributed by atoms with Crippen LogP contribution in [0.25, 0.3) is 0 Å². The molecule has 1 N–H and O–H groups in total. The summed E-state index contributed by atoms with van der Waals surface area (Å²) in [5, 5.41) is 12.0. The van der Waals surface area contributed by atoms with Crippen LogP contribution in [0.4, 0.5) is 0 Å². The molecular weight excluding hydrogens is 490 g/mol. The van der Waals surface area contributed by atoms with E-state index >= 15 is 0 Å². The zero-order valence-corrected chi connectivity index (χ0v) is 21.7. The van der Waals surface area contributed by atoms with Crippen molar-refractivity contribution >= 4 is 15.9 Å². The largest absolute Gasteiger partial charge is 0.493 e. The predicted molar refractivity (Wildman–Crippen MR) is 139 cm³/mol. The molecule has 4 nitrogen and oxygen atoms in total. The summed E-state index contributed by atoms with van der Waals surface area (Å²) in [5.41, 5.74) is 0.112. The van der Waals surface area contributed by atoms with Gasteiger partial charge >= 0.3 is 0 Å². The van der Waals surface area contributed by atoms with Crippen LogP contribution in [0.2, 0.25) is 0 Å². The van der Waals surface area contributed by atoms with Crippen molar-refractivity contribution in [1.82, 2.24) is 0 Å². The van der Waals surface area contributed by atoms with Crippen molar-refractivity contribution in [3.63, 3.8) is 0 Å². The van der Waals surface area contributed by atoms with E-state index in [0.29, 0.717) is 12.5 Å². The number of ether oxygens (including phenoxy) is 2. The van der Waals surface area contributed by atoms with Gasteiger partial charge < -0.3 is 19.1 Å². The summed E-state index contributed by atoms with van der Waals surface area (Å²) in [7, 11) is 0. The Bertz CT molecular complexity index is 896. The van der Waals surface area contributed by atoms with Crippen molar-refractivity contribution < 1.29 is 19.1 Å². The van der Waals surface area contributed by atoms with E-state index in [1.807, 2.05) is 48.5 Å². The number of quaternary nitrogens is 1. The zero-order chi connectivity index (χ0) is 23.4. The molecule has 184 valence electrons. The molecule has 3 saturated heterocycles. The van der Waals surface area contributed by atoms with Crippen LogP contribution in [0.3, 0.4) is 0 Å². The van der Waals surface area contributed by atoms with Crippen LogP contribution in [0.5, 0.6) is 5.75 Å². The van der Waals surface area contributed by atoms with E-state index in [1.54, 1.807) is 0 Å². The summed E-state index contributed by atoms with van der Waals surface area (Å²) < 4.78 is 13.8. The van der Waals surface area contributed by atoms with Crippen LogP contribution in [0.1, 0.15) is 50.5 Å². The Morgan fingerprint density at radius 1 is 0.912 bits per heavy atom. The van der Waals surface area contributed by atoms with E-state index in [1.165, 1.54) is 38.8 Å². The first-order valence-corrected chi connectivity index (χ1v) is 14.1.